The summed E-state index contributed by atoms with van der Waals surface area (Å²) >= 11 is 1.44. The van der Waals surface area contributed by atoms with Crippen molar-refractivity contribution in [1.82, 2.24) is 9.88 Å². The van der Waals surface area contributed by atoms with E-state index >= 15 is 0 Å². The van der Waals surface area contributed by atoms with Crippen LogP contribution in [0.15, 0.2) is 24.4 Å². The summed E-state index contributed by atoms with van der Waals surface area (Å²) in [5, 5.41) is 3.47. The number of anilines is 1. The summed E-state index contributed by atoms with van der Waals surface area (Å²) in [5.74, 6) is 0.500. The van der Waals surface area contributed by atoms with Gasteiger partial charge < -0.3 is 4.90 Å². The number of hydrogen-bond acceptors (Lipinski definition) is 3. The zero-order valence-electron chi connectivity index (χ0n) is 14.0. The van der Waals surface area contributed by atoms with Crippen LogP contribution in [-0.2, 0) is 6.42 Å². The van der Waals surface area contributed by atoms with E-state index in [1.807, 2.05) is 11.0 Å². The highest BCUT2D eigenvalue weighted by atomic mass is 32.1. The van der Waals surface area contributed by atoms with Crippen molar-refractivity contribution in [2.45, 2.75) is 33.1 Å². The lowest BCUT2D eigenvalue weighted by molar-refractivity contribution is 0.186. The molecule has 0 radical (unpaired) electrons. The highest BCUT2D eigenvalue weighted by Crippen LogP contribution is 2.23. The number of thiazole rings is 1. The van der Waals surface area contributed by atoms with Gasteiger partial charge in [0.1, 0.15) is 5.82 Å². The van der Waals surface area contributed by atoms with Crippen molar-refractivity contribution >= 4 is 22.5 Å². The van der Waals surface area contributed by atoms with E-state index in [9.17, 15) is 9.18 Å². The van der Waals surface area contributed by atoms with E-state index < -0.39 is 0 Å². The van der Waals surface area contributed by atoms with Crippen LogP contribution in [0, 0.1) is 18.7 Å². The van der Waals surface area contributed by atoms with Gasteiger partial charge in [-0.1, -0.05) is 19.1 Å². The first kappa shape index (κ1) is 16.9. The van der Waals surface area contributed by atoms with Gasteiger partial charge in [0.05, 0.1) is 0 Å². The highest BCUT2D eigenvalue weighted by molar-refractivity contribution is 7.15. The molecule has 0 aliphatic carbocycles. The average Bonchev–Trinajstić information content (AvgIpc) is 2.98. The number of benzene rings is 1. The van der Waals surface area contributed by atoms with Crippen LogP contribution in [0.2, 0.25) is 0 Å². The van der Waals surface area contributed by atoms with E-state index in [0.717, 1.165) is 36.4 Å². The molecule has 0 atom stereocenters. The molecule has 4 nitrogen and oxygen atoms in total. The van der Waals surface area contributed by atoms with Gasteiger partial charge in [0, 0.05) is 30.6 Å². The van der Waals surface area contributed by atoms with Gasteiger partial charge in [0.15, 0.2) is 5.13 Å². The fraction of sp³-hybridized carbons (Fsp3) is 0.444. The third-order valence-electron chi connectivity index (χ3n) is 4.45. The predicted octanol–water partition coefficient (Wildman–Crippen LogP) is 4.45. The second-order valence-corrected chi connectivity index (χ2v) is 7.61. The molecule has 6 heteroatoms. The Morgan fingerprint density at radius 2 is 2.17 bits per heavy atom. The van der Waals surface area contributed by atoms with E-state index in [2.05, 4.69) is 17.2 Å². The van der Waals surface area contributed by atoms with Crippen molar-refractivity contribution in [3.8, 4) is 0 Å². The summed E-state index contributed by atoms with van der Waals surface area (Å²) in [6.45, 7) is 5.57. The van der Waals surface area contributed by atoms with Crippen LogP contribution < -0.4 is 5.32 Å². The number of aromatic nitrogens is 1. The second-order valence-electron chi connectivity index (χ2n) is 6.49. The Balaban J connectivity index is 1.59. The number of carbonyl (C=O) groups is 1. The minimum atomic E-state index is -0.190. The van der Waals surface area contributed by atoms with Gasteiger partial charge in [0.25, 0.3) is 0 Å². The smallest absolute Gasteiger partial charge is 0.323 e. The molecule has 1 aliphatic heterocycles. The van der Waals surface area contributed by atoms with Crippen molar-refractivity contribution in [1.29, 1.82) is 0 Å². The van der Waals surface area contributed by atoms with E-state index in [0.29, 0.717) is 23.0 Å². The molecule has 0 bridgehead atoms. The first-order valence-corrected chi connectivity index (χ1v) is 9.08. The van der Waals surface area contributed by atoms with E-state index in [1.54, 1.807) is 25.3 Å². The van der Waals surface area contributed by atoms with Gasteiger partial charge >= 0.3 is 6.03 Å². The Bertz CT molecular complexity index is 723. The molecule has 1 aromatic carbocycles. The molecular formula is C18H22FN3OS. The van der Waals surface area contributed by atoms with Gasteiger partial charge in [-0.25, -0.2) is 14.2 Å². The number of hydrogen-bond donors (Lipinski definition) is 1. The standard InChI is InChI=1S/C18H22FN3OS/c1-12-5-7-22(8-6-12)18(23)21-17-20-11-15(24-17)9-14-4-3-13(2)16(19)10-14/h3-4,10-12H,5-9H2,1-2H3,(H,20,21,23). The summed E-state index contributed by atoms with van der Waals surface area (Å²) in [4.78, 5) is 19.4. The summed E-state index contributed by atoms with van der Waals surface area (Å²) in [7, 11) is 0. The molecule has 0 spiro atoms. The molecule has 0 unspecified atom stereocenters. The number of nitrogens with one attached hydrogen (secondary N) is 1. The van der Waals surface area contributed by atoms with Crippen molar-refractivity contribution in [2.75, 3.05) is 18.4 Å². The maximum absolute atomic E-state index is 13.6. The van der Waals surface area contributed by atoms with Crippen LogP contribution in [0.3, 0.4) is 0 Å². The van der Waals surface area contributed by atoms with Crippen LogP contribution in [0.25, 0.3) is 0 Å². The summed E-state index contributed by atoms with van der Waals surface area (Å²) in [5.41, 5.74) is 1.55. The van der Waals surface area contributed by atoms with E-state index in [4.69, 9.17) is 0 Å². The fourth-order valence-corrected chi connectivity index (χ4v) is 3.61. The summed E-state index contributed by atoms with van der Waals surface area (Å²) in [6.07, 6.45) is 4.47. The second kappa shape index (κ2) is 7.30. The van der Waals surface area contributed by atoms with Crippen molar-refractivity contribution < 1.29 is 9.18 Å². The average molecular weight is 347 g/mol. The minimum Gasteiger partial charge on any atom is -0.324 e. The van der Waals surface area contributed by atoms with Crippen LogP contribution >= 0.6 is 11.3 Å². The van der Waals surface area contributed by atoms with E-state index in [1.165, 1.54) is 11.3 Å². The Morgan fingerprint density at radius 1 is 1.42 bits per heavy atom. The molecule has 1 N–H and O–H groups in total. The number of nitrogens with zero attached hydrogens (tertiary/aromatic N) is 2. The lowest BCUT2D eigenvalue weighted by Gasteiger charge is -2.29. The topological polar surface area (TPSA) is 45.2 Å². The molecule has 1 aliphatic rings. The van der Waals surface area contributed by atoms with Gasteiger partial charge in [-0.05, 0) is 42.9 Å². The zero-order chi connectivity index (χ0) is 17.1. The number of halogens is 1. The van der Waals surface area contributed by atoms with Gasteiger partial charge in [0.2, 0.25) is 0 Å². The number of aryl methyl sites for hydroxylation is 1. The molecule has 2 heterocycles. The number of urea groups is 1. The zero-order valence-corrected chi connectivity index (χ0v) is 14.8. The molecule has 3 rings (SSSR count). The molecule has 1 aromatic heterocycles. The molecule has 2 aromatic rings. The number of rotatable bonds is 3. The predicted molar refractivity (Wildman–Crippen MR) is 95.0 cm³/mol. The van der Waals surface area contributed by atoms with Crippen LogP contribution in [0.1, 0.15) is 35.8 Å². The minimum absolute atomic E-state index is 0.0795. The van der Waals surface area contributed by atoms with Crippen LogP contribution in [-0.4, -0.2) is 29.0 Å². The molecule has 0 saturated carbocycles. The Morgan fingerprint density at radius 3 is 2.88 bits per heavy atom. The maximum Gasteiger partial charge on any atom is 0.323 e. The fourth-order valence-electron chi connectivity index (χ4n) is 2.78. The van der Waals surface area contributed by atoms with Crippen molar-refractivity contribution in [2.24, 2.45) is 5.92 Å². The SMILES string of the molecule is Cc1ccc(Cc2cnc(NC(=O)N3CCC(C)CC3)s2)cc1F. The molecular weight excluding hydrogens is 325 g/mol. The quantitative estimate of drug-likeness (QED) is 0.892. The van der Waals surface area contributed by atoms with Crippen LogP contribution in [0.4, 0.5) is 14.3 Å². The first-order valence-electron chi connectivity index (χ1n) is 8.27. The lowest BCUT2D eigenvalue weighted by atomic mass is 10.00. The van der Waals surface area contributed by atoms with Crippen molar-refractivity contribution in [3.05, 3.63) is 46.2 Å². The number of likely N-dealkylation sites (tertiary alicyclic amines) is 1. The Hall–Kier alpha value is -1.95. The lowest BCUT2D eigenvalue weighted by Crippen LogP contribution is -2.40. The number of amides is 2. The third-order valence-corrected chi connectivity index (χ3v) is 5.37. The molecule has 24 heavy (non-hydrogen) atoms. The molecule has 1 saturated heterocycles. The molecule has 128 valence electrons. The monoisotopic (exact) mass is 347 g/mol. The Kier molecular flexibility index (Phi) is 5.14. The number of carbonyl (C=O) groups excluding carboxylic acids is 1. The third kappa shape index (κ3) is 4.12. The van der Waals surface area contributed by atoms with Gasteiger partial charge in [-0.3, -0.25) is 5.32 Å². The van der Waals surface area contributed by atoms with Gasteiger partial charge in [-0.15, -0.1) is 11.3 Å². The highest BCUT2D eigenvalue weighted by Gasteiger charge is 2.20. The maximum atomic E-state index is 13.6. The van der Waals surface area contributed by atoms with Crippen molar-refractivity contribution in [3.63, 3.8) is 0 Å². The normalized spacial score (nSPS) is 15.5. The Labute approximate surface area is 145 Å². The first-order chi connectivity index (χ1) is 11.5. The molecule has 1 fully saturated rings. The van der Waals surface area contributed by atoms with E-state index in [-0.39, 0.29) is 11.8 Å². The summed E-state index contributed by atoms with van der Waals surface area (Å²) in [6, 6.07) is 5.18. The summed E-state index contributed by atoms with van der Waals surface area (Å²) < 4.78 is 13.6. The molecule has 2 amide bonds. The number of piperidine rings is 1. The van der Waals surface area contributed by atoms with Gasteiger partial charge in [-0.2, -0.15) is 0 Å². The van der Waals surface area contributed by atoms with Crippen LogP contribution in [0.5, 0.6) is 0 Å². The largest absolute Gasteiger partial charge is 0.324 e.